The fourth-order valence-electron chi connectivity index (χ4n) is 2.39. The highest BCUT2D eigenvalue weighted by atomic mass is 32.2. The number of methoxy groups -OCH3 is 1. The number of sulfonamides is 1. The second kappa shape index (κ2) is 7.22. The van der Waals surface area contributed by atoms with E-state index in [1.54, 1.807) is 19.2 Å². The minimum atomic E-state index is -3.45. The Balaban J connectivity index is 2.04. The lowest BCUT2D eigenvalue weighted by atomic mass is 10.0. The van der Waals surface area contributed by atoms with Crippen LogP contribution in [0.5, 0.6) is 0 Å². The molecule has 1 atom stereocenters. The number of fused-ring (bicyclic) bond motifs is 1. The van der Waals surface area contributed by atoms with Gasteiger partial charge >= 0.3 is 0 Å². The third-order valence-corrected chi connectivity index (χ3v) is 5.20. The van der Waals surface area contributed by atoms with Crippen molar-refractivity contribution in [1.29, 1.82) is 0 Å². The maximum atomic E-state index is 12.4. The van der Waals surface area contributed by atoms with Gasteiger partial charge in [0.2, 0.25) is 10.0 Å². The zero-order valence-electron chi connectivity index (χ0n) is 12.1. The smallest absolute Gasteiger partial charge is 0.237 e. The fraction of sp³-hybridized carbons (Fsp3) is 0.571. The summed E-state index contributed by atoms with van der Waals surface area (Å²) in [7, 11) is -1.88. The van der Waals surface area contributed by atoms with Crippen LogP contribution < -0.4 is 4.31 Å². The molecule has 0 fully saturated rings. The van der Waals surface area contributed by atoms with Gasteiger partial charge < -0.3 is 14.6 Å². The predicted octanol–water partition coefficient (Wildman–Crippen LogP) is 0.575. The molecule has 1 aliphatic rings. The number of nitrogens with zero attached hydrogens (tertiary/aromatic N) is 1. The van der Waals surface area contributed by atoms with Crippen LogP contribution in [0.25, 0.3) is 0 Å². The van der Waals surface area contributed by atoms with Crippen molar-refractivity contribution in [3.8, 4) is 0 Å². The Kier molecular flexibility index (Phi) is 5.58. The number of hydrogen-bond donors (Lipinski definition) is 1. The van der Waals surface area contributed by atoms with Gasteiger partial charge in [0.1, 0.15) is 0 Å². The van der Waals surface area contributed by atoms with Gasteiger partial charge in [-0.25, -0.2) is 8.42 Å². The summed E-state index contributed by atoms with van der Waals surface area (Å²) in [6, 6.07) is 7.29. The van der Waals surface area contributed by atoms with Crippen LogP contribution in [0.15, 0.2) is 24.3 Å². The second-order valence-corrected chi connectivity index (χ2v) is 6.90. The Bertz CT molecular complexity index is 560. The van der Waals surface area contributed by atoms with Crippen molar-refractivity contribution in [2.24, 2.45) is 0 Å². The minimum Gasteiger partial charge on any atom is -0.396 e. The largest absolute Gasteiger partial charge is 0.396 e. The molecule has 0 aliphatic carbocycles. The number of aliphatic hydroxyl groups is 1. The van der Waals surface area contributed by atoms with Crippen LogP contribution in [-0.4, -0.2) is 59.4 Å². The number of hydrogen-bond acceptors (Lipinski definition) is 5. The third kappa shape index (κ3) is 3.74. The van der Waals surface area contributed by atoms with Crippen LogP contribution in [-0.2, 0) is 19.5 Å². The summed E-state index contributed by atoms with van der Waals surface area (Å²) >= 11 is 0. The molecule has 0 saturated carbocycles. The van der Waals surface area contributed by atoms with Crippen molar-refractivity contribution in [3.63, 3.8) is 0 Å². The van der Waals surface area contributed by atoms with Gasteiger partial charge in [0.15, 0.2) is 0 Å². The van der Waals surface area contributed by atoms with Crippen LogP contribution >= 0.6 is 0 Å². The molecule has 0 saturated heterocycles. The number of ether oxygens (including phenoxy) is 2. The SMILES string of the molecule is COCCOCCS(=O)(=O)N1CC(CO)c2ccccc21. The average Bonchev–Trinajstić information content (AvgIpc) is 2.86. The van der Waals surface area contributed by atoms with Crippen LogP contribution in [0.4, 0.5) is 5.69 Å². The minimum absolute atomic E-state index is 0.0621. The van der Waals surface area contributed by atoms with Crippen molar-refractivity contribution < 1.29 is 23.0 Å². The van der Waals surface area contributed by atoms with Gasteiger partial charge in [-0.05, 0) is 11.6 Å². The molecule has 21 heavy (non-hydrogen) atoms. The molecule has 6 nitrogen and oxygen atoms in total. The molecular weight excluding hydrogens is 294 g/mol. The number of para-hydroxylation sites is 1. The second-order valence-electron chi connectivity index (χ2n) is 4.89. The molecule has 0 amide bonds. The maximum absolute atomic E-state index is 12.4. The van der Waals surface area contributed by atoms with E-state index in [0.29, 0.717) is 18.9 Å². The third-order valence-electron chi connectivity index (χ3n) is 3.51. The summed E-state index contributed by atoms with van der Waals surface area (Å²) in [5.74, 6) is -0.242. The van der Waals surface area contributed by atoms with E-state index in [-0.39, 0.29) is 31.4 Å². The number of anilines is 1. The van der Waals surface area contributed by atoms with Crippen LogP contribution in [0.1, 0.15) is 11.5 Å². The molecule has 0 bridgehead atoms. The van der Waals surface area contributed by atoms with Gasteiger partial charge in [0.25, 0.3) is 0 Å². The van der Waals surface area contributed by atoms with Crippen molar-refractivity contribution in [3.05, 3.63) is 29.8 Å². The highest BCUT2D eigenvalue weighted by Gasteiger charge is 2.34. The first-order valence-corrected chi connectivity index (χ1v) is 8.48. The highest BCUT2D eigenvalue weighted by Crippen LogP contribution is 2.37. The van der Waals surface area contributed by atoms with E-state index in [9.17, 15) is 13.5 Å². The van der Waals surface area contributed by atoms with Crippen LogP contribution in [0.2, 0.25) is 0 Å². The molecule has 0 radical (unpaired) electrons. The Morgan fingerprint density at radius 3 is 2.76 bits per heavy atom. The molecule has 2 rings (SSSR count). The van der Waals surface area contributed by atoms with Crippen molar-refractivity contribution >= 4 is 15.7 Å². The van der Waals surface area contributed by atoms with Crippen LogP contribution in [0, 0.1) is 0 Å². The van der Waals surface area contributed by atoms with Gasteiger partial charge in [0, 0.05) is 19.6 Å². The lowest BCUT2D eigenvalue weighted by molar-refractivity contribution is 0.0785. The van der Waals surface area contributed by atoms with E-state index in [4.69, 9.17) is 9.47 Å². The van der Waals surface area contributed by atoms with E-state index in [1.807, 2.05) is 12.1 Å². The highest BCUT2D eigenvalue weighted by molar-refractivity contribution is 7.92. The summed E-state index contributed by atoms with van der Waals surface area (Å²) in [6.45, 7) is 1.18. The Morgan fingerprint density at radius 1 is 1.29 bits per heavy atom. The quantitative estimate of drug-likeness (QED) is 0.710. The zero-order chi connectivity index (χ0) is 15.3. The maximum Gasteiger partial charge on any atom is 0.237 e. The van der Waals surface area contributed by atoms with Gasteiger partial charge in [-0.1, -0.05) is 18.2 Å². The first-order chi connectivity index (χ1) is 10.1. The summed E-state index contributed by atoms with van der Waals surface area (Å²) in [6.07, 6.45) is 0. The molecule has 1 heterocycles. The van der Waals surface area contributed by atoms with Crippen molar-refractivity contribution in [2.45, 2.75) is 5.92 Å². The van der Waals surface area contributed by atoms with Crippen LogP contribution in [0.3, 0.4) is 0 Å². The summed E-state index contributed by atoms with van der Waals surface area (Å²) in [5, 5.41) is 9.41. The molecule has 1 aromatic carbocycles. The number of rotatable bonds is 8. The molecule has 0 spiro atoms. The van der Waals surface area contributed by atoms with Gasteiger partial charge in [-0.3, -0.25) is 4.31 Å². The van der Waals surface area contributed by atoms with Gasteiger partial charge in [-0.15, -0.1) is 0 Å². The zero-order valence-corrected chi connectivity index (χ0v) is 12.9. The summed E-state index contributed by atoms with van der Waals surface area (Å²) < 4.78 is 36.3. The molecule has 7 heteroatoms. The first kappa shape index (κ1) is 16.2. The molecule has 118 valence electrons. The topological polar surface area (TPSA) is 76.1 Å². The Morgan fingerprint density at radius 2 is 2.05 bits per heavy atom. The standard InChI is InChI=1S/C14H21NO5S/c1-19-6-7-20-8-9-21(17,18)15-10-12(11-16)13-4-2-3-5-14(13)15/h2-5,12,16H,6-11H2,1H3. The Hall–Kier alpha value is -1.15. The lowest BCUT2D eigenvalue weighted by Gasteiger charge is -2.19. The lowest BCUT2D eigenvalue weighted by Crippen LogP contribution is -2.34. The van der Waals surface area contributed by atoms with E-state index in [0.717, 1.165) is 5.56 Å². The molecular formula is C14H21NO5S. The predicted molar refractivity (Wildman–Crippen MR) is 80.1 cm³/mol. The van der Waals surface area contributed by atoms with E-state index >= 15 is 0 Å². The number of benzene rings is 1. The fourth-order valence-corrected chi connectivity index (χ4v) is 3.82. The van der Waals surface area contributed by atoms with E-state index in [1.165, 1.54) is 4.31 Å². The molecule has 1 unspecified atom stereocenters. The van der Waals surface area contributed by atoms with Crippen molar-refractivity contribution in [1.82, 2.24) is 0 Å². The van der Waals surface area contributed by atoms with Gasteiger partial charge in [-0.2, -0.15) is 0 Å². The first-order valence-electron chi connectivity index (χ1n) is 6.87. The molecule has 1 aliphatic heterocycles. The molecule has 1 N–H and O–H groups in total. The average molecular weight is 315 g/mol. The summed E-state index contributed by atoms with van der Waals surface area (Å²) in [4.78, 5) is 0. The summed E-state index contributed by atoms with van der Waals surface area (Å²) in [5.41, 5.74) is 1.54. The normalized spacial score (nSPS) is 18.0. The molecule has 1 aromatic rings. The monoisotopic (exact) mass is 315 g/mol. The number of aliphatic hydroxyl groups excluding tert-OH is 1. The Labute approximate surface area is 125 Å². The van der Waals surface area contributed by atoms with E-state index < -0.39 is 10.0 Å². The van der Waals surface area contributed by atoms with E-state index in [2.05, 4.69) is 0 Å². The van der Waals surface area contributed by atoms with Crippen molar-refractivity contribution in [2.75, 3.05) is 50.1 Å². The molecule has 0 aromatic heterocycles. The van der Waals surface area contributed by atoms with Gasteiger partial charge in [0.05, 0.1) is 37.9 Å².